The van der Waals surface area contributed by atoms with Crippen molar-refractivity contribution in [2.45, 2.75) is 6.42 Å². The maximum Gasteiger partial charge on any atom is 0.251 e. The SMILES string of the molecule is O=C(NCCO)c1cccc(-c2cncc(NCCc3ccncc3)n2)c1. The molecule has 7 heteroatoms. The fraction of sp³-hybridized carbons (Fsp3) is 0.200. The number of nitrogens with zero attached hydrogens (tertiary/aromatic N) is 3. The first-order chi connectivity index (χ1) is 13.3. The van der Waals surface area contributed by atoms with Crippen LogP contribution in [0.2, 0.25) is 0 Å². The highest BCUT2D eigenvalue weighted by molar-refractivity contribution is 5.95. The van der Waals surface area contributed by atoms with Crippen LogP contribution in [0.4, 0.5) is 5.82 Å². The van der Waals surface area contributed by atoms with E-state index in [-0.39, 0.29) is 19.1 Å². The minimum absolute atomic E-state index is 0.0931. The molecule has 138 valence electrons. The highest BCUT2D eigenvalue weighted by Crippen LogP contribution is 2.19. The first kappa shape index (κ1) is 18.5. The third-order valence-corrected chi connectivity index (χ3v) is 3.92. The predicted octanol–water partition coefficient (Wildman–Crippen LogP) is 1.92. The average molecular weight is 363 g/mol. The van der Waals surface area contributed by atoms with E-state index in [0.717, 1.165) is 18.5 Å². The Labute approximate surface area is 157 Å². The second kappa shape index (κ2) is 9.40. The number of carbonyl (C=O) groups is 1. The molecular formula is C20H21N5O2. The molecule has 0 aliphatic heterocycles. The molecule has 3 aromatic rings. The Bertz CT molecular complexity index is 886. The summed E-state index contributed by atoms with van der Waals surface area (Å²) < 4.78 is 0. The van der Waals surface area contributed by atoms with Crippen molar-refractivity contribution in [3.63, 3.8) is 0 Å². The van der Waals surface area contributed by atoms with Crippen molar-refractivity contribution >= 4 is 11.7 Å². The Morgan fingerprint density at radius 1 is 1.04 bits per heavy atom. The third-order valence-electron chi connectivity index (χ3n) is 3.92. The number of benzene rings is 1. The van der Waals surface area contributed by atoms with E-state index in [1.54, 1.807) is 43.0 Å². The Kier molecular flexibility index (Phi) is 6.43. The highest BCUT2D eigenvalue weighted by atomic mass is 16.3. The molecule has 0 aliphatic carbocycles. The molecule has 0 saturated carbocycles. The Hall–Kier alpha value is -3.32. The van der Waals surface area contributed by atoms with Crippen molar-refractivity contribution in [2.24, 2.45) is 0 Å². The van der Waals surface area contributed by atoms with Gasteiger partial charge in [0.1, 0.15) is 5.82 Å². The van der Waals surface area contributed by atoms with E-state index in [1.165, 1.54) is 5.56 Å². The number of carbonyl (C=O) groups excluding carboxylic acids is 1. The summed E-state index contributed by atoms with van der Waals surface area (Å²) in [7, 11) is 0. The first-order valence-electron chi connectivity index (χ1n) is 8.70. The minimum Gasteiger partial charge on any atom is -0.395 e. The molecule has 27 heavy (non-hydrogen) atoms. The lowest BCUT2D eigenvalue weighted by atomic mass is 10.1. The summed E-state index contributed by atoms with van der Waals surface area (Å²) in [5.41, 5.74) is 3.19. The van der Waals surface area contributed by atoms with Gasteiger partial charge in [-0.25, -0.2) is 4.98 Å². The molecule has 1 amide bonds. The van der Waals surface area contributed by atoms with Gasteiger partial charge in [0.05, 0.1) is 24.7 Å². The molecule has 0 spiro atoms. The van der Waals surface area contributed by atoms with Crippen molar-refractivity contribution in [2.75, 3.05) is 25.0 Å². The molecular weight excluding hydrogens is 342 g/mol. The smallest absolute Gasteiger partial charge is 0.251 e. The molecule has 0 bridgehead atoms. The lowest BCUT2D eigenvalue weighted by molar-refractivity contribution is 0.0945. The van der Waals surface area contributed by atoms with Crippen LogP contribution in [-0.4, -0.2) is 45.7 Å². The molecule has 3 rings (SSSR count). The Balaban J connectivity index is 1.67. The van der Waals surface area contributed by atoms with Crippen LogP contribution in [0.15, 0.2) is 61.2 Å². The van der Waals surface area contributed by atoms with Crippen LogP contribution in [0.5, 0.6) is 0 Å². The van der Waals surface area contributed by atoms with E-state index in [2.05, 4.69) is 25.6 Å². The van der Waals surface area contributed by atoms with Crippen molar-refractivity contribution < 1.29 is 9.90 Å². The van der Waals surface area contributed by atoms with Gasteiger partial charge in [0.25, 0.3) is 5.91 Å². The van der Waals surface area contributed by atoms with E-state index in [4.69, 9.17) is 5.11 Å². The van der Waals surface area contributed by atoms with Crippen LogP contribution in [0.1, 0.15) is 15.9 Å². The van der Waals surface area contributed by atoms with Crippen LogP contribution in [0.25, 0.3) is 11.3 Å². The third kappa shape index (κ3) is 5.32. The van der Waals surface area contributed by atoms with Crippen LogP contribution >= 0.6 is 0 Å². The monoisotopic (exact) mass is 363 g/mol. The summed E-state index contributed by atoms with van der Waals surface area (Å²) in [6.07, 6.45) is 7.75. The second-order valence-electron chi connectivity index (χ2n) is 5.88. The zero-order chi connectivity index (χ0) is 18.9. The molecule has 0 saturated heterocycles. The standard InChI is InChI=1S/C20H21N5O2/c26-11-10-24-20(27)17-3-1-2-16(12-17)18-13-22-14-19(25-18)23-9-6-15-4-7-21-8-5-15/h1-5,7-8,12-14,26H,6,9-11H2,(H,23,25)(H,24,27). The molecule has 0 aliphatic rings. The van der Waals surface area contributed by atoms with Gasteiger partial charge in [-0.3, -0.25) is 14.8 Å². The van der Waals surface area contributed by atoms with Crippen LogP contribution in [0.3, 0.4) is 0 Å². The van der Waals surface area contributed by atoms with Gasteiger partial charge in [-0.05, 0) is 36.2 Å². The molecule has 2 heterocycles. The van der Waals surface area contributed by atoms with Crippen LogP contribution in [-0.2, 0) is 6.42 Å². The first-order valence-corrected chi connectivity index (χ1v) is 8.70. The van der Waals surface area contributed by atoms with Crippen molar-refractivity contribution in [1.82, 2.24) is 20.3 Å². The van der Waals surface area contributed by atoms with Gasteiger partial charge in [0.15, 0.2) is 0 Å². The summed E-state index contributed by atoms with van der Waals surface area (Å²) in [5, 5.41) is 14.7. The summed E-state index contributed by atoms with van der Waals surface area (Å²) in [6, 6.07) is 11.1. The van der Waals surface area contributed by atoms with Crippen molar-refractivity contribution in [3.8, 4) is 11.3 Å². The molecule has 2 aromatic heterocycles. The number of aliphatic hydroxyl groups excluding tert-OH is 1. The van der Waals surface area contributed by atoms with E-state index < -0.39 is 0 Å². The van der Waals surface area contributed by atoms with E-state index in [1.807, 2.05) is 18.2 Å². The van der Waals surface area contributed by atoms with Gasteiger partial charge in [-0.15, -0.1) is 0 Å². The van der Waals surface area contributed by atoms with Gasteiger partial charge in [0.2, 0.25) is 0 Å². The molecule has 1 aromatic carbocycles. The number of hydrogen-bond donors (Lipinski definition) is 3. The fourth-order valence-corrected chi connectivity index (χ4v) is 2.57. The van der Waals surface area contributed by atoms with E-state index in [0.29, 0.717) is 17.1 Å². The number of amides is 1. The predicted molar refractivity (Wildman–Crippen MR) is 103 cm³/mol. The summed E-state index contributed by atoms with van der Waals surface area (Å²) in [4.78, 5) is 24.9. The van der Waals surface area contributed by atoms with Crippen LogP contribution in [0, 0.1) is 0 Å². The minimum atomic E-state index is -0.231. The second-order valence-corrected chi connectivity index (χ2v) is 5.88. The summed E-state index contributed by atoms with van der Waals surface area (Å²) in [6.45, 7) is 0.857. The number of hydrogen-bond acceptors (Lipinski definition) is 6. The molecule has 0 atom stereocenters. The number of anilines is 1. The largest absolute Gasteiger partial charge is 0.395 e. The zero-order valence-electron chi connectivity index (χ0n) is 14.8. The molecule has 0 radical (unpaired) electrons. The van der Waals surface area contributed by atoms with E-state index in [9.17, 15) is 4.79 Å². The van der Waals surface area contributed by atoms with Gasteiger partial charge >= 0.3 is 0 Å². The number of aromatic nitrogens is 3. The van der Waals surface area contributed by atoms with Crippen LogP contribution < -0.4 is 10.6 Å². The molecule has 0 unspecified atom stereocenters. The van der Waals surface area contributed by atoms with Gasteiger partial charge in [-0.1, -0.05) is 12.1 Å². The maximum atomic E-state index is 12.1. The Morgan fingerprint density at radius 2 is 1.89 bits per heavy atom. The normalized spacial score (nSPS) is 10.4. The number of rotatable bonds is 8. The fourth-order valence-electron chi connectivity index (χ4n) is 2.57. The molecule has 3 N–H and O–H groups in total. The number of nitrogens with one attached hydrogen (secondary N) is 2. The summed E-state index contributed by atoms with van der Waals surface area (Å²) in [5.74, 6) is 0.446. The quantitative estimate of drug-likeness (QED) is 0.565. The van der Waals surface area contributed by atoms with Gasteiger partial charge in [0, 0.05) is 36.6 Å². The van der Waals surface area contributed by atoms with Crippen molar-refractivity contribution in [1.29, 1.82) is 0 Å². The Morgan fingerprint density at radius 3 is 2.70 bits per heavy atom. The molecule has 7 nitrogen and oxygen atoms in total. The highest BCUT2D eigenvalue weighted by Gasteiger charge is 2.08. The van der Waals surface area contributed by atoms with Crippen molar-refractivity contribution in [3.05, 3.63) is 72.3 Å². The lowest BCUT2D eigenvalue weighted by Crippen LogP contribution is -2.26. The van der Waals surface area contributed by atoms with Gasteiger partial charge < -0.3 is 15.7 Å². The number of pyridine rings is 1. The summed E-state index contributed by atoms with van der Waals surface area (Å²) >= 11 is 0. The average Bonchev–Trinajstić information content (AvgIpc) is 2.73. The zero-order valence-corrected chi connectivity index (χ0v) is 14.8. The molecule has 0 fully saturated rings. The van der Waals surface area contributed by atoms with E-state index >= 15 is 0 Å². The lowest BCUT2D eigenvalue weighted by Gasteiger charge is -2.08. The number of aliphatic hydroxyl groups is 1. The van der Waals surface area contributed by atoms with Gasteiger partial charge in [-0.2, -0.15) is 0 Å². The maximum absolute atomic E-state index is 12.1. The topological polar surface area (TPSA) is 100 Å².